The van der Waals surface area contributed by atoms with E-state index in [1.807, 2.05) is 12.1 Å². The highest BCUT2D eigenvalue weighted by molar-refractivity contribution is 5.66. The third-order valence-electron chi connectivity index (χ3n) is 3.45. The highest BCUT2D eigenvalue weighted by Crippen LogP contribution is 2.25. The van der Waals surface area contributed by atoms with Gasteiger partial charge in [0.05, 0.1) is 5.69 Å². The van der Waals surface area contributed by atoms with Gasteiger partial charge in [-0.15, -0.1) is 10.2 Å². The van der Waals surface area contributed by atoms with Crippen molar-refractivity contribution in [1.82, 2.24) is 10.2 Å². The maximum Gasteiger partial charge on any atom is 0.148 e. The number of benzene rings is 1. The standard InChI is InChI=1S/C15H20N4/c1-10-4-5-13(12(3)11(10)2)14-6-7-15(19-18-14)17-9-8-16/h4-7H,8-9,16H2,1-3H3,(H,17,19). The fraction of sp³-hybridized carbons (Fsp3) is 0.333. The zero-order valence-electron chi connectivity index (χ0n) is 11.7. The van der Waals surface area contributed by atoms with Crippen LogP contribution in [0.25, 0.3) is 11.3 Å². The van der Waals surface area contributed by atoms with Gasteiger partial charge in [0.2, 0.25) is 0 Å². The summed E-state index contributed by atoms with van der Waals surface area (Å²) in [6.07, 6.45) is 0. The molecule has 0 saturated heterocycles. The van der Waals surface area contributed by atoms with Crippen molar-refractivity contribution >= 4 is 5.82 Å². The molecule has 0 spiro atoms. The number of hydrogen-bond donors (Lipinski definition) is 2. The van der Waals surface area contributed by atoms with Gasteiger partial charge in [-0.3, -0.25) is 0 Å². The summed E-state index contributed by atoms with van der Waals surface area (Å²) in [6, 6.07) is 8.16. The summed E-state index contributed by atoms with van der Waals surface area (Å²) < 4.78 is 0. The van der Waals surface area contributed by atoms with E-state index in [9.17, 15) is 0 Å². The lowest BCUT2D eigenvalue weighted by atomic mass is 9.97. The zero-order valence-corrected chi connectivity index (χ0v) is 11.7. The first-order valence-corrected chi connectivity index (χ1v) is 6.48. The number of aromatic nitrogens is 2. The van der Waals surface area contributed by atoms with Gasteiger partial charge in [-0.1, -0.05) is 12.1 Å². The van der Waals surface area contributed by atoms with E-state index in [4.69, 9.17) is 5.73 Å². The van der Waals surface area contributed by atoms with Crippen LogP contribution in [-0.4, -0.2) is 23.3 Å². The van der Waals surface area contributed by atoms with Crippen LogP contribution in [0.3, 0.4) is 0 Å². The summed E-state index contributed by atoms with van der Waals surface area (Å²) in [5.74, 6) is 0.760. The van der Waals surface area contributed by atoms with E-state index in [0.29, 0.717) is 13.1 Å². The molecule has 0 aliphatic rings. The summed E-state index contributed by atoms with van der Waals surface area (Å²) in [5.41, 5.74) is 11.4. The highest BCUT2D eigenvalue weighted by atomic mass is 15.2. The molecule has 0 aliphatic carbocycles. The third kappa shape index (κ3) is 2.90. The predicted molar refractivity (Wildman–Crippen MR) is 79.2 cm³/mol. The Morgan fingerprint density at radius 3 is 2.42 bits per heavy atom. The molecule has 0 fully saturated rings. The number of nitrogens with one attached hydrogen (secondary N) is 1. The average molecular weight is 256 g/mol. The molecule has 100 valence electrons. The lowest BCUT2D eigenvalue weighted by Crippen LogP contribution is -2.14. The Kier molecular flexibility index (Phi) is 4.12. The second kappa shape index (κ2) is 5.80. The van der Waals surface area contributed by atoms with Crippen molar-refractivity contribution in [3.63, 3.8) is 0 Å². The van der Waals surface area contributed by atoms with Crippen LogP contribution in [0.1, 0.15) is 16.7 Å². The second-order valence-electron chi connectivity index (χ2n) is 4.70. The molecule has 3 N–H and O–H groups in total. The van der Waals surface area contributed by atoms with Crippen LogP contribution in [0, 0.1) is 20.8 Å². The zero-order chi connectivity index (χ0) is 13.8. The van der Waals surface area contributed by atoms with Crippen molar-refractivity contribution in [2.45, 2.75) is 20.8 Å². The molecule has 0 amide bonds. The maximum absolute atomic E-state index is 5.44. The lowest BCUT2D eigenvalue weighted by Gasteiger charge is -2.11. The monoisotopic (exact) mass is 256 g/mol. The van der Waals surface area contributed by atoms with Gasteiger partial charge in [0.25, 0.3) is 0 Å². The fourth-order valence-corrected chi connectivity index (χ4v) is 2.00. The fourth-order valence-electron chi connectivity index (χ4n) is 2.00. The van der Waals surface area contributed by atoms with Gasteiger partial charge in [-0.05, 0) is 49.6 Å². The maximum atomic E-state index is 5.44. The molecular formula is C15H20N4. The molecule has 4 nitrogen and oxygen atoms in total. The first-order valence-electron chi connectivity index (χ1n) is 6.48. The van der Waals surface area contributed by atoms with Crippen LogP contribution in [0.15, 0.2) is 24.3 Å². The Balaban J connectivity index is 2.30. The van der Waals surface area contributed by atoms with Crippen molar-refractivity contribution in [3.05, 3.63) is 41.0 Å². The summed E-state index contributed by atoms with van der Waals surface area (Å²) in [5, 5.41) is 11.6. The largest absolute Gasteiger partial charge is 0.367 e. The second-order valence-corrected chi connectivity index (χ2v) is 4.70. The number of nitrogens with zero attached hydrogens (tertiary/aromatic N) is 2. The van der Waals surface area contributed by atoms with Crippen molar-refractivity contribution < 1.29 is 0 Å². The van der Waals surface area contributed by atoms with E-state index >= 15 is 0 Å². The van der Waals surface area contributed by atoms with Crippen LogP contribution in [0.5, 0.6) is 0 Å². The normalized spacial score (nSPS) is 10.5. The molecule has 0 bridgehead atoms. The Hall–Kier alpha value is -1.94. The van der Waals surface area contributed by atoms with Crippen molar-refractivity contribution in [2.24, 2.45) is 5.73 Å². The van der Waals surface area contributed by atoms with Crippen molar-refractivity contribution in [3.8, 4) is 11.3 Å². The highest BCUT2D eigenvalue weighted by Gasteiger charge is 2.07. The van der Waals surface area contributed by atoms with Gasteiger partial charge in [-0.2, -0.15) is 0 Å². The third-order valence-corrected chi connectivity index (χ3v) is 3.45. The first-order chi connectivity index (χ1) is 9.13. The molecule has 2 aromatic rings. The van der Waals surface area contributed by atoms with Crippen LogP contribution in [0.2, 0.25) is 0 Å². The van der Waals surface area contributed by atoms with Crippen LogP contribution in [-0.2, 0) is 0 Å². The molecule has 0 saturated carbocycles. The Labute approximate surface area is 114 Å². The molecule has 1 aromatic heterocycles. The molecule has 2 rings (SSSR count). The van der Waals surface area contributed by atoms with Gasteiger partial charge in [0.1, 0.15) is 5.82 Å². The number of anilines is 1. The molecular weight excluding hydrogens is 236 g/mol. The summed E-state index contributed by atoms with van der Waals surface area (Å²) >= 11 is 0. The Bertz CT molecular complexity index is 561. The van der Waals surface area contributed by atoms with Gasteiger partial charge in [0.15, 0.2) is 0 Å². The summed E-state index contributed by atoms with van der Waals surface area (Å²) in [4.78, 5) is 0. The van der Waals surface area contributed by atoms with Crippen LogP contribution < -0.4 is 11.1 Å². The Morgan fingerprint density at radius 1 is 1.00 bits per heavy atom. The van der Waals surface area contributed by atoms with Gasteiger partial charge >= 0.3 is 0 Å². The smallest absolute Gasteiger partial charge is 0.148 e. The predicted octanol–water partition coefficient (Wildman–Crippen LogP) is 2.44. The van der Waals surface area contributed by atoms with E-state index in [1.165, 1.54) is 16.7 Å². The molecule has 4 heteroatoms. The molecule has 1 heterocycles. The number of hydrogen-bond acceptors (Lipinski definition) is 4. The number of rotatable bonds is 4. The molecule has 0 atom stereocenters. The summed E-state index contributed by atoms with van der Waals surface area (Å²) in [6.45, 7) is 7.67. The topological polar surface area (TPSA) is 63.8 Å². The molecule has 0 aliphatic heterocycles. The Morgan fingerprint density at radius 2 is 1.79 bits per heavy atom. The quantitative estimate of drug-likeness (QED) is 0.882. The van der Waals surface area contributed by atoms with Crippen molar-refractivity contribution in [2.75, 3.05) is 18.4 Å². The van der Waals surface area contributed by atoms with Gasteiger partial charge in [-0.25, -0.2) is 0 Å². The molecule has 0 unspecified atom stereocenters. The number of aryl methyl sites for hydroxylation is 1. The first kappa shape index (κ1) is 13.5. The molecule has 19 heavy (non-hydrogen) atoms. The van der Waals surface area contributed by atoms with E-state index in [2.05, 4.69) is 48.4 Å². The van der Waals surface area contributed by atoms with E-state index in [1.54, 1.807) is 0 Å². The number of nitrogens with two attached hydrogens (primary N) is 1. The van der Waals surface area contributed by atoms with E-state index < -0.39 is 0 Å². The van der Waals surface area contributed by atoms with Crippen molar-refractivity contribution in [1.29, 1.82) is 0 Å². The minimum atomic E-state index is 0.583. The van der Waals surface area contributed by atoms with E-state index in [0.717, 1.165) is 17.1 Å². The van der Waals surface area contributed by atoms with Crippen LogP contribution in [0.4, 0.5) is 5.82 Å². The van der Waals surface area contributed by atoms with Gasteiger partial charge < -0.3 is 11.1 Å². The molecule has 1 aromatic carbocycles. The average Bonchev–Trinajstić information content (AvgIpc) is 2.44. The van der Waals surface area contributed by atoms with E-state index in [-0.39, 0.29) is 0 Å². The minimum absolute atomic E-state index is 0.583. The summed E-state index contributed by atoms with van der Waals surface area (Å²) in [7, 11) is 0. The lowest BCUT2D eigenvalue weighted by molar-refractivity contribution is 0.973. The molecule has 0 radical (unpaired) electrons. The van der Waals surface area contributed by atoms with Crippen LogP contribution >= 0.6 is 0 Å². The SMILES string of the molecule is Cc1ccc(-c2ccc(NCCN)nn2)c(C)c1C. The minimum Gasteiger partial charge on any atom is -0.367 e. The van der Waals surface area contributed by atoms with Gasteiger partial charge in [0, 0.05) is 18.7 Å².